The van der Waals surface area contributed by atoms with Gasteiger partial charge in [0.2, 0.25) is 0 Å². The number of aliphatic imine (C=N–C) groups is 1. The van der Waals surface area contributed by atoms with Crippen molar-refractivity contribution in [2.45, 2.75) is 23.7 Å². The zero-order valence-electron chi connectivity index (χ0n) is 10.8. The molecule has 2 rings (SSSR count). The molecule has 1 aromatic carbocycles. The lowest BCUT2D eigenvalue weighted by Gasteiger charge is -2.10. The second kappa shape index (κ2) is 5.17. The van der Waals surface area contributed by atoms with Crippen LogP contribution in [0.1, 0.15) is 34.7 Å². The van der Waals surface area contributed by atoms with Crippen LogP contribution in [0.2, 0.25) is 0 Å². The van der Waals surface area contributed by atoms with E-state index in [-0.39, 0.29) is 22.3 Å². The molecule has 0 aliphatic heterocycles. The molecule has 8 heteroatoms. The van der Waals surface area contributed by atoms with Crippen molar-refractivity contribution in [3.05, 3.63) is 27.7 Å². The molecule has 0 aromatic heterocycles. The van der Waals surface area contributed by atoms with Crippen LogP contribution in [0.4, 0.5) is 0 Å². The van der Waals surface area contributed by atoms with Gasteiger partial charge in [0.15, 0.2) is 15.8 Å². The highest BCUT2D eigenvalue weighted by Gasteiger charge is 2.30. The summed E-state index contributed by atoms with van der Waals surface area (Å²) >= 11 is 3.27. The summed E-state index contributed by atoms with van der Waals surface area (Å²) in [5.41, 5.74) is 11.2. The summed E-state index contributed by atoms with van der Waals surface area (Å²) in [4.78, 5) is 15.5. The van der Waals surface area contributed by atoms with E-state index in [1.54, 1.807) is 6.07 Å². The Morgan fingerprint density at radius 3 is 2.40 bits per heavy atom. The molecule has 1 saturated carbocycles. The van der Waals surface area contributed by atoms with Gasteiger partial charge in [0, 0.05) is 10.7 Å². The lowest BCUT2D eigenvalue weighted by Crippen LogP contribution is -2.24. The van der Waals surface area contributed by atoms with Gasteiger partial charge >= 0.3 is 0 Å². The second-order valence-corrected chi connectivity index (χ2v) is 7.60. The van der Waals surface area contributed by atoms with Crippen molar-refractivity contribution in [2.75, 3.05) is 6.26 Å². The van der Waals surface area contributed by atoms with Crippen LogP contribution in [0.25, 0.3) is 0 Å². The lowest BCUT2D eigenvalue weighted by atomic mass is 10.1. The van der Waals surface area contributed by atoms with E-state index in [9.17, 15) is 13.2 Å². The molecule has 0 heterocycles. The van der Waals surface area contributed by atoms with E-state index < -0.39 is 15.7 Å². The highest BCUT2D eigenvalue weighted by atomic mass is 79.9. The van der Waals surface area contributed by atoms with Crippen molar-refractivity contribution in [1.29, 1.82) is 0 Å². The van der Waals surface area contributed by atoms with Crippen LogP contribution in [-0.4, -0.2) is 26.5 Å². The third kappa shape index (κ3) is 3.18. The fourth-order valence-electron chi connectivity index (χ4n) is 1.94. The SMILES string of the molecule is CS(=O)(=O)c1cc(C(=O)N=C(N)N)c(Br)cc1C1CC1. The minimum absolute atomic E-state index is 0.128. The smallest absolute Gasteiger partial charge is 0.281 e. The molecule has 1 fully saturated rings. The maximum Gasteiger partial charge on any atom is 0.281 e. The van der Waals surface area contributed by atoms with Gasteiger partial charge in [-0.25, -0.2) is 8.42 Å². The minimum atomic E-state index is -3.42. The van der Waals surface area contributed by atoms with E-state index in [0.29, 0.717) is 4.47 Å². The molecular weight excluding hydrogens is 346 g/mol. The Balaban J connectivity index is 2.61. The number of sulfone groups is 1. The molecule has 0 spiro atoms. The Morgan fingerprint density at radius 2 is 1.95 bits per heavy atom. The number of hydrogen-bond donors (Lipinski definition) is 2. The highest BCUT2D eigenvalue weighted by Crippen LogP contribution is 2.44. The van der Waals surface area contributed by atoms with Crippen molar-refractivity contribution in [3.8, 4) is 0 Å². The van der Waals surface area contributed by atoms with Crippen LogP contribution in [0.5, 0.6) is 0 Å². The maximum absolute atomic E-state index is 11.9. The molecular formula is C12H14BrN3O3S. The Bertz CT molecular complexity index is 705. The molecule has 0 radical (unpaired) electrons. The van der Waals surface area contributed by atoms with Gasteiger partial charge in [0.05, 0.1) is 10.5 Å². The second-order valence-electron chi connectivity index (χ2n) is 4.76. The Morgan fingerprint density at radius 1 is 1.35 bits per heavy atom. The Labute approximate surface area is 125 Å². The van der Waals surface area contributed by atoms with Gasteiger partial charge in [-0.1, -0.05) is 0 Å². The first-order chi connectivity index (χ1) is 9.20. The molecule has 1 amide bonds. The summed E-state index contributed by atoms with van der Waals surface area (Å²) in [7, 11) is -3.42. The number of amides is 1. The van der Waals surface area contributed by atoms with Gasteiger partial charge < -0.3 is 11.5 Å². The minimum Gasteiger partial charge on any atom is -0.370 e. The summed E-state index contributed by atoms with van der Waals surface area (Å²) < 4.78 is 24.3. The summed E-state index contributed by atoms with van der Waals surface area (Å²) in [6.07, 6.45) is 3.03. The predicted octanol–water partition coefficient (Wildman–Crippen LogP) is 1.14. The van der Waals surface area contributed by atoms with Gasteiger partial charge in [-0.05, 0) is 52.4 Å². The number of nitrogens with zero attached hydrogens (tertiary/aromatic N) is 1. The van der Waals surface area contributed by atoms with Crippen molar-refractivity contribution in [3.63, 3.8) is 0 Å². The summed E-state index contributed by atoms with van der Waals surface area (Å²) in [6, 6.07) is 3.01. The summed E-state index contributed by atoms with van der Waals surface area (Å²) in [6.45, 7) is 0. The summed E-state index contributed by atoms with van der Waals surface area (Å²) in [5.74, 6) is -0.804. The highest BCUT2D eigenvalue weighted by molar-refractivity contribution is 9.10. The number of carbonyl (C=O) groups excluding carboxylic acids is 1. The van der Waals surface area contributed by atoms with Crippen LogP contribution in [0.3, 0.4) is 0 Å². The van der Waals surface area contributed by atoms with E-state index in [1.165, 1.54) is 6.07 Å². The normalized spacial score (nSPS) is 14.9. The van der Waals surface area contributed by atoms with Crippen LogP contribution >= 0.6 is 15.9 Å². The van der Waals surface area contributed by atoms with Crippen LogP contribution < -0.4 is 11.5 Å². The topological polar surface area (TPSA) is 116 Å². The van der Waals surface area contributed by atoms with Crippen molar-refractivity contribution in [2.24, 2.45) is 16.5 Å². The van der Waals surface area contributed by atoms with Gasteiger partial charge in [-0.15, -0.1) is 0 Å². The number of rotatable bonds is 3. The molecule has 0 unspecified atom stereocenters. The average molecular weight is 360 g/mol. The van der Waals surface area contributed by atoms with E-state index in [0.717, 1.165) is 24.7 Å². The molecule has 0 atom stereocenters. The third-order valence-corrected chi connectivity index (χ3v) is 4.79. The molecule has 20 heavy (non-hydrogen) atoms. The maximum atomic E-state index is 11.9. The number of halogens is 1. The van der Waals surface area contributed by atoms with Crippen LogP contribution in [0.15, 0.2) is 26.5 Å². The standard InChI is InChI=1S/C12H14BrN3O3S/c1-20(18,19)10-5-8(11(17)16-12(14)15)9(13)4-7(10)6-2-3-6/h4-6H,2-3H2,1H3,(H4,14,15,16,17). The average Bonchev–Trinajstić information content (AvgIpc) is 3.09. The number of guanidine groups is 1. The quantitative estimate of drug-likeness (QED) is 0.620. The number of hydrogen-bond acceptors (Lipinski definition) is 3. The molecule has 1 aromatic rings. The van der Waals surface area contributed by atoms with E-state index >= 15 is 0 Å². The van der Waals surface area contributed by atoms with Crippen molar-refractivity contribution < 1.29 is 13.2 Å². The molecule has 0 saturated heterocycles. The molecule has 108 valence electrons. The van der Waals surface area contributed by atoms with Gasteiger partial charge in [0.1, 0.15) is 0 Å². The number of benzene rings is 1. The molecule has 0 bridgehead atoms. The van der Waals surface area contributed by atoms with Gasteiger partial charge in [-0.3, -0.25) is 4.79 Å². The monoisotopic (exact) mass is 359 g/mol. The first-order valence-electron chi connectivity index (χ1n) is 5.87. The first-order valence-corrected chi connectivity index (χ1v) is 8.56. The van der Waals surface area contributed by atoms with E-state index in [1.807, 2.05) is 0 Å². The van der Waals surface area contributed by atoms with Gasteiger partial charge in [-0.2, -0.15) is 4.99 Å². The molecule has 6 nitrogen and oxygen atoms in total. The largest absolute Gasteiger partial charge is 0.370 e. The van der Waals surface area contributed by atoms with E-state index in [4.69, 9.17) is 11.5 Å². The van der Waals surface area contributed by atoms with Crippen LogP contribution in [-0.2, 0) is 9.84 Å². The fourth-order valence-corrected chi connectivity index (χ4v) is 3.46. The zero-order valence-corrected chi connectivity index (χ0v) is 13.2. The molecule has 4 N–H and O–H groups in total. The van der Waals surface area contributed by atoms with Crippen molar-refractivity contribution in [1.82, 2.24) is 0 Å². The fraction of sp³-hybridized carbons (Fsp3) is 0.333. The predicted molar refractivity (Wildman–Crippen MR) is 79.4 cm³/mol. The third-order valence-electron chi connectivity index (χ3n) is 2.98. The number of nitrogens with two attached hydrogens (primary N) is 2. The lowest BCUT2D eigenvalue weighted by molar-refractivity contribution is 0.100. The Hall–Kier alpha value is -1.41. The van der Waals surface area contributed by atoms with Crippen LogP contribution in [0, 0.1) is 0 Å². The van der Waals surface area contributed by atoms with Gasteiger partial charge in [0.25, 0.3) is 5.91 Å². The molecule has 1 aliphatic carbocycles. The first kappa shape index (κ1) is 15.0. The van der Waals surface area contributed by atoms with E-state index in [2.05, 4.69) is 20.9 Å². The summed E-state index contributed by atoms with van der Waals surface area (Å²) in [5, 5.41) is 0. The Kier molecular flexibility index (Phi) is 3.88. The van der Waals surface area contributed by atoms with Crippen molar-refractivity contribution >= 4 is 37.6 Å². The molecule has 1 aliphatic rings. The number of carbonyl (C=O) groups is 1. The zero-order chi connectivity index (χ0) is 15.1.